The number of carbonyl (C=O) groups excluding carboxylic acids is 1. The highest BCUT2D eigenvalue weighted by molar-refractivity contribution is 7.98. The van der Waals surface area contributed by atoms with Gasteiger partial charge in [0.05, 0.1) is 26.2 Å². The number of amides is 1. The highest BCUT2D eigenvalue weighted by Crippen LogP contribution is 2.41. The molecule has 0 aliphatic carbocycles. The molecule has 0 radical (unpaired) electrons. The highest BCUT2D eigenvalue weighted by atomic mass is 32.2. The van der Waals surface area contributed by atoms with Gasteiger partial charge in [0.15, 0.2) is 0 Å². The summed E-state index contributed by atoms with van der Waals surface area (Å²) in [4.78, 5) is 15.1. The lowest BCUT2D eigenvalue weighted by atomic mass is 10.0. The molecule has 7 nitrogen and oxygen atoms in total. The van der Waals surface area contributed by atoms with Gasteiger partial charge in [-0.2, -0.15) is 0 Å². The first-order chi connectivity index (χ1) is 19.0. The van der Waals surface area contributed by atoms with Crippen molar-refractivity contribution in [1.29, 1.82) is 0 Å². The average Bonchev–Trinajstić information content (AvgIpc) is 3.60. The molecule has 2 saturated heterocycles. The number of benzene rings is 3. The largest absolute Gasteiger partial charge is 0.496 e. The second-order valence-electron chi connectivity index (χ2n) is 10.2. The van der Waals surface area contributed by atoms with E-state index in [-0.39, 0.29) is 18.1 Å². The number of aryl methyl sites for hydroxylation is 2. The zero-order valence-corrected chi connectivity index (χ0v) is 23.9. The van der Waals surface area contributed by atoms with Crippen LogP contribution in [0.4, 0.5) is 5.69 Å². The molecule has 5 rings (SSSR count). The Morgan fingerprint density at radius 3 is 2.62 bits per heavy atom. The molecule has 0 bridgehead atoms. The van der Waals surface area contributed by atoms with Crippen LogP contribution in [0.5, 0.6) is 11.5 Å². The fraction of sp³-hybridized carbons (Fsp3) is 0.387. The van der Waals surface area contributed by atoms with Gasteiger partial charge in [0.25, 0.3) is 5.91 Å². The topological polar surface area (TPSA) is 63.3 Å². The van der Waals surface area contributed by atoms with E-state index >= 15 is 0 Å². The number of methoxy groups -OCH3 is 2. The number of nitrogens with one attached hydrogen (secondary N) is 1. The predicted molar refractivity (Wildman–Crippen MR) is 156 cm³/mol. The summed E-state index contributed by atoms with van der Waals surface area (Å²) in [5, 5.41) is 0. The van der Waals surface area contributed by atoms with Gasteiger partial charge in [-0.1, -0.05) is 42.0 Å². The van der Waals surface area contributed by atoms with E-state index in [1.54, 1.807) is 26.4 Å². The van der Waals surface area contributed by atoms with E-state index < -0.39 is 0 Å². The minimum atomic E-state index is -0.250. The van der Waals surface area contributed by atoms with Gasteiger partial charge >= 0.3 is 0 Å². The SMILES string of the molecule is COc1ccccc1C1CCCN1SNc1cccc(OC2CN(C(=O)c3cc(C)ccc3C)CC2OC)c1. The molecule has 2 aliphatic rings. The van der Waals surface area contributed by atoms with Gasteiger partial charge in [-0.25, -0.2) is 4.31 Å². The van der Waals surface area contributed by atoms with E-state index in [1.165, 1.54) is 5.56 Å². The Bertz CT molecular complexity index is 1300. The Hall–Kier alpha value is -3.20. The first-order valence-electron chi connectivity index (χ1n) is 13.5. The van der Waals surface area contributed by atoms with Crippen molar-refractivity contribution in [2.75, 3.05) is 38.6 Å². The zero-order valence-electron chi connectivity index (χ0n) is 23.1. The van der Waals surface area contributed by atoms with Gasteiger partial charge in [0.2, 0.25) is 0 Å². The third kappa shape index (κ3) is 6.19. The summed E-state index contributed by atoms with van der Waals surface area (Å²) >= 11 is 1.61. The number of anilines is 1. The summed E-state index contributed by atoms with van der Waals surface area (Å²) in [5.74, 6) is 1.70. The molecule has 3 unspecified atom stereocenters. The van der Waals surface area contributed by atoms with Gasteiger partial charge in [-0.15, -0.1) is 0 Å². The standard InChI is InChI=1S/C31H37N3O4S/c1-21-14-15-22(2)26(17-21)31(35)33-19-29(37-4)30(20-33)38-24-10-7-9-23(18-24)32-39-34-16-8-12-27(34)25-11-5-6-13-28(25)36-3/h5-7,9-11,13-15,17-18,27,29-30,32H,8,12,16,19-20H2,1-4H3. The van der Waals surface area contributed by atoms with Crippen molar-refractivity contribution in [3.05, 3.63) is 89.0 Å². The lowest BCUT2D eigenvalue weighted by Gasteiger charge is -2.25. The van der Waals surface area contributed by atoms with Gasteiger partial charge in [-0.05, 0) is 56.5 Å². The van der Waals surface area contributed by atoms with Crippen LogP contribution >= 0.6 is 12.1 Å². The van der Waals surface area contributed by atoms with Crippen molar-refractivity contribution in [3.8, 4) is 11.5 Å². The minimum absolute atomic E-state index is 0.0198. The Labute approximate surface area is 235 Å². The molecule has 2 aliphatic heterocycles. The quantitative estimate of drug-likeness (QED) is 0.328. The lowest BCUT2D eigenvalue weighted by Crippen LogP contribution is -2.32. The smallest absolute Gasteiger partial charge is 0.254 e. The van der Waals surface area contributed by atoms with Crippen LogP contribution in [0, 0.1) is 13.8 Å². The van der Waals surface area contributed by atoms with Crippen molar-refractivity contribution in [1.82, 2.24) is 9.21 Å². The number of ether oxygens (including phenoxy) is 3. The van der Waals surface area contributed by atoms with Crippen LogP contribution in [0.25, 0.3) is 0 Å². The number of hydrogen-bond donors (Lipinski definition) is 1. The Kier molecular flexibility index (Phi) is 8.65. The molecule has 39 heavy (non-hydrogen) atoms. The van der Waals surface area contributed by atoms with Crippen molar-refractivity contribution in [3.63, 3.8) is 0 Å². The molecular weight excluding hydrogens is 510 g/mol. The van der Waals surface area contributed by atoms with E-state index in [0.717, 1.165) is 53.3 Å². The van der Waals surface area contributed by atoms with Crippen molar-refractivity contribution in [2.24, 2.45) is 0 Å². The first-order valence-corrected chi connectivity index (χ1v) is 14.2. The molecule has 1 N–H and O–H groups in total. The van der Waals surface area contributed by atoms with Crippen LogP contribution < -0.4 is 14.2 Å². The molecule has 8 heteroatoms. The van der Waals surface area contributed by atoms with Crippen molar-refractivity contribution < 1.29 is 19.0 Å². The van der Waals surface area contributed by atoms with Crippen LogP contribution in [0.1, 0.15) is 45.9 Å². The molecule has 2 heterocycles. The fourth-order valence-corrected chi connectivity index (χ4v) is 6.32. The highest BCUT2D eigenvalue weighted by Gasteiger charge is 2.38. The number of carbonyl (C=O) groups is 1. The molecule has 206 valence electrons. The maximum atomic E-state index is 13.3. The Morgan fingerprint density at radius 1 is 0.974 bits per heavy atom. The molecular formula is C31H37N3O4S. The Balaban J connectivity index is 1.22. The number of para-hydroxylation sites is 1. The van der Waals surface area contributed by atoms with Crippen LogP contribution in [0.15, 0.2) is 66.7 Å². The first kappa shape index (κ1) is 27.4. The maximum Gasteiger partial charge on any atom is 0.254 e. The van der Waals surface area contributed by atoms with E-state index in [9.17, 15) is 4.79 Å². The van der Waals surface area contributed by atoms with Crippen LogP contribution in [-0.4, -0.2) is 61.2 Å². The average molecular weight is 548 g/mol. The summed E-state index contributed by atoms with van der Waals surface area (Å²) in [5.41, 5.74) is 4.96. The van der Waals surface area contributed by atoms with Gasteiger partial charge < -0.3 is 23.8 Å². The third-order valence-corrected chi connectivity index (χ3v) is 8.53. The normalized spacial score (nSPS) is 21.2. The van der Waals surface area contributed by atoms with E-state index in [2.05, 4.69) is 21.2 Å². The summed E-state index contributed by atoms with van der Waals surface area (Å²) in [6, 6.07) is 22.5. The lowest BCUT2D eigenvalue weighted by molar-refractivity contribution is 0.0340. The summed E-state index contributed by atoms with van der Waals surface area (Å²) in [6.45, 7) is 5.96. The van der Waals surface area contributed by atoms with Crippen LogP contribution in [0.2, 0.25) is 0 Å². The maximum absolute atomic E-state index is 13.3. The number of likely N-dealkylation sites (tertiary alicyclic amines) is 1. The minimum Gasteiger partial charge on any atom is -0.496 e. The molecule has 0 aromatic heterocycles. The Morgan fingerprint density at radius 2 is 1.79 bits per heavy atom. The summed E-state index contributed by atoms with van der Waals surface area (Å²) in [7, 11) is 3.40. The molecule has 0 saturated carbocycles. The van der Waals surface area contributed by atoms with E-state index in [0.29, 0.717) is 19.1 Å². The molecule has 3 aromatic rings. The monoisotopic (exact) mass is 547 g/mol. The van der Waals surface area contributed by atoms with Crippen LogP contribution in [0.3, 0.4) is 0 Å². The molecule has 3 atom stereocenters. The van der Waals surface area contributed by atoms with Gasteiger partial charge in [-0.3, -0.25) is 4.79 Å². The van der Waals surface area contributed by atoms with Gasteiger partial charge in [0, 0.05) is 48.7 Å². The molecule has 2 fully saturated rings. The molecule has 3 aromatic carbocycles. The van der Waals surface area contributed by atoms with E-state index in [1.807, 2.05) is 73.3 Å². The summed E-state index contributed by atoms with van der Waals surface area (Å²) < 4.78 is 23.6. The van der Waals surface area contributed by atoms with Crippen LogP contribution in [-0.2, 0) is 4.74 Å². The number of rotatable bonds is 9. The zero-order chi connectivity index (χ0) is 27.4. The predicted octanol–water partition coefficient (Wildman–Crippen LogP) is 6.04. The van der Waals surface area contributed by atoms with Crippen molar-refractivity contribution >= 4 is 23.7 Å². The molecule has 0 spiro atoms. The second-order valence-corrected chi connectivity index (χ2v) is 11.1. The number of hydrogen-bond acceptors (Lipinski definition) is 7. The second kappa shape index (κ2) is 12.3. The van der Waals surface area contributed by atoms with Crippen molar-refractivity contribution in [2.45, 2.75) is 44.9 Å². The number of nitrogens with zero attached hydrogens (tertiary/aromatic N) is 2. The third-order valence-electron chi connectivity index (χ3n) is 7.53. The van der Waals surface area contributed by atoms with Gasteiger partial charge in [0.1, 0.15) is 23.7 Å². The summed E-state index contributed by atoms with van der Waals surface area (Å²) in [6.07, 6.45) is 1.78. The fourth-order valence-electron chi connectivity index (χ4n) is 5.41. The van der Waals surface area contributed by atoms with E-state index in [4.69, 9.17) is 14.2 Å². The molecule has 1 amide bonds.